The van der Waals surface area contributed by atoms with Gasteiger partial charge in [-0.1, -0.05) is 32.9 Å². The number of allylic oxidation sites excluding steroid dienone is 1. The number of methoxy groups -OCH3 is 1. The van der Waals surface area contributed by atoms with Crippen LogP contribution in [0.2, 0.25) is 0 Å². The summed E-state index contributed by atoms with van der Waals surface area (Å²) in [5.74, 6) is 1.61. The Bertz CT molecular complexity index is 580. The molecular weight excluding hydrogens is 248 g/mol. The fourth-order valence-electron chi connectivity index (χ4n) is 3.97. The molecule has 1 aromatic carbocycles. The molecule has 2 atom stereocenters. The van der Waals surface area contributed by atoms with Gasteiger partial charge >= 0.3 is 0 Å². The van der Waals surface area contributed by atoms with Gasteiger partial charge in [0.05, 0.1) is 7.11 Å². The normalized spacial score (nSPS) is 32.9. The Morgan fingerprint density at radius 1 is 1.20 bits per heavy atom. The Balaban J connectivity index is 1.99. The lowest BCUT2D eigenvalue weighted by Gasteiger charge is -2.31. The summed E-state index contributed by atoms with van der Waals surface area (Å²) in [6.45, 7) is 6.64. The van der Waals surface area contributed by atoms with Crippen LogP contribution in [-0.2, 0) is 4.79 Å². The van der Waals surface area contributed by atoms with Gasteiger partial charge in [0.15, 0.2) is 5.78 Å². The van der Waals surface area contributed by atoms with E-state index >= 15 is 0 Å². The lowest BCUT2D eigenvalue weighted by atomic mass is 9.70. The van der Waals surface area contributed by atoms with Crippen molar-refractivity contribution in [1.82, 2.24) is 0 Å². The van der Waals surface area contributed by atoms with Crippen LogP contribution >= 0.6 is 0 Å². The molecule has 0 radical (unpaired) electrons. The van der Waals surface area contributed by atoms with Gasteiger partial charge in [-0.3, -0.25) is 4.79 Å². The van der Waals surface area contributed by atoms with Crippen LogP contribution in [0.1, 0.15) is 39.2 Å². The zero-order valence-corrected chi connectivity index (χ0v) is 12.7. The first kappa shape index (κ1) is 13.4. The molecule has 0 unspecified atom stereocenters. The van der Waals surface area contributed by atoms with Gasteiger partial charge in [-0.15, -0.1) is 0 Å². The molecule has 0 aromatic heterocycles. The zero-order valence-electron chi connectivity index (χ0n) is 12.7. The second kappa shape index (κ2) is 4.21. The largest absolute Gasteiger partial charge is 0.497 e. The number of hydrogen-bond acceptors (Lipinski definition) is 2. The molecular formula is C18H22O2. The highest BCUT2D eigenvalue weighted by Gasteiger charge is 2.63. The monoisotopic (exact) mass is 270 g/mol. The van der Waals surface area contributed by atoms with Crippen molar-refractivity contribution in [3.05, 3.63) is 35.4 Å². The van der Waals surface area contributed by atoms with Crippen molar-refractivity contribution in [2.45, 2.75) is 33.6 Å². The van der Waals surface area contributed by atoms with E-state index in [1.807, 2.05) is 24.3 Å². The first-order chi connectivity index (χ1) is 9.40. The van der Waals surface area contributed by atoms with Gasteiger partial charge in [0.25, 0.3) is 0 Å². The lowest BCUT2D eigenvalue weighted by Crippen LogP contribution is -2.32. The van der Waals surface area contributed by atoms with Gasteiger partial charge in [0.2, 0.25) is 0 Å². The van der Waals surface area contributed by atoms with E-state index in [-0.39, 0.29) is 10.8 Å². The summed E-state index contributed by atoms with van der Waals surface area (Å²) < 4.78 is 5.17. The maximum atomic E-state index is 12.7. The first-order valence-electron chi connectivity index (χ1n) is 7.30. The molecule has 3 rings (SSSR count). The first-order valence-corrected chi connectivity index (χ1v) is 7.30. The minimum atomic E-state index is -0.171. The number of hydrogen-bond donors (Lipinski definition) is 0. The summed E-state index contributed by atoms with van der Waals surface area (Å²) in [5, 5.41) is 0. The predicted octanol–water partition coefficient (Wildman–Crippen LogP) is 4.10. The minimum absolute atomic E-state index is 0.0857. The number of fused-ring (bicyclic) bond motifs is 2. The van der Waals surface area contributed by atoms with Gasteiger partial charge in [-0.25, -0.2) is 0 Å². The van der Waals surface area contributed by atoms with Crippen LogP contribution in [0.25, 0.3) is 6.08 Å². The Labute approximate surface area is 120 Å². The molecule has 20 heavy (non-hydrogen) atoms. The number of benzene rings is 1. The molecule has 0 N–H and O–H groups in total. The number of carbonyl (C=O) groups excluding carboxylic acids is 1. The van der Waals surface area contributed by atoms with Crippen LogP contribution in [0, 0.1) is 16.7 Å². The van der Waals surface area contributed by atoms with Crippen molar-refractivity contribution in [1.29, 1.82) is 0 Å². The fraction of sp³-hybridized carbons (Fsp3) is 0.500. The van der Waals surface area contributed by atoms with Crippen molar-refractivity contribution in [2.24, 2.45) is 16.7 Å². The molecule has 2 saturated carbocycles. The quantitative estimate of drug-likeness (QED) is 0.756. The summed E-state index contributed by atoms with van der Waals surface area (Å²) in [4.78, 5) is 12.7. The highest BCUT2D eigenvalue weighted by Crippen LogP contribution is 2.65. The second-order valence-corrected chi connectivity index (χ2v) is 6.85. The summed E-state index contributed by atoms with van der Waals surface area (Å²) in [5.41, 5.74) is 2.02. The van der Waals surface area contributed by atoms with Crippen molar-refractivity contribution < 1.29 is 9.53 Å². The van der Waals surface area contributed by atoms with Gasteiger partial charge < -0.3 is 4.74 Å². The molecule has 0 aliphatic heterocycles. The third kappa shape index (κ3) is 1.60. The average molecular weight is 270 g/mol. The van der Waals surface area contributed by atoms with E-state index < -0.39 is 0 Å². The SMILES string of the molecule is COc1ccc(/C=C2/C(=O)[C@]3(C)CC[C@@H]2C3(C)C)cc1. The standard InChI is InChI=1S/C18H22O2/c1-17(2)15-9-10-18(17,3)16(19)14(15)11-12-5-7-13(20-4)8-6-12/h5-8,11,15H,9-10H2,1-4H3/b14-11+/t15-,18-/m0/s1. The molecule has 0 heterocycles. The number of ether oxygens (including phenoxy) is 1. The van der Waals surface area contributed by atoms with E-state index in [4.69, 9.17) is 4.74 Å². The third-order valence-electron chi connectivity index (χ3n) is 5.80. The smallest absolute Gasteiger partial charge is 0.165 e. The molecule has 2 fully saturated rings. The van der Waals surface area contributed by atoms with Crippen LogP contribution in [0.15, 0.2) is 29.8 Å². The summed E-state index contributed by atoms with van der Waals surface area (Å²) in [7, 11) is 1.66. The Morgan fingerprint density at radius 2 is 1.85 bits per heavy atom. The number of carbonyl (C=O) groups is 1. The van der Waals surface area contributed by atoms with Gasteiger partial charge in [-0.05, 0) is 53.5 Å². The average Bonchev–Trinajstić information content (AvgIpc) is 2.74. The summed E-state index contributed by atoms with van der Waals surface area (Å²) in [6, 6.07) is 7.91. The van der Waals surface area contributed by atoms with E-state index in [0.29, 0.717) is 11.7 Å². The van der Waals surface area contributed by atoms with Crippen LogP contribution in [0.5, 0.6) is 5.75 Å². The predicted molar refractivity (Wildman–Crippen MR) is 80.6 cm³/mol. The van der Waals surface area contributed by atoms with E-state index in [2.05, 4.69) is 26.8 Å². The number of ketones is 1. The summed E-state index contributed by atoms with van der Waals surface area (Å²) >= 11 is 0. The van der Waals surface area contributed by atoms with Gasteiger partial charge in [0.1, 0.15) is 5.75 Å². The topological polar surface area (TPSA) is 26.3 Å². The molecule has 0 saturated heterocycles. The highest BCUT2D eigenvalue weighted by molar-refractivity contribution is 6.07. The van der Waals surface area contributed by atoms with Crippen LogP contribution < -0.4 is 4.74 Å². The Kier molecular flexibility index (Phi) is 2.82. The van der Waals surface area contributed by atoms with Crippen LogP contribution in [0.3, 0.4) is 0 Å². The molecule has 2 aliphatic rings. The molecule has 1 aromatic rings. The molecule has 0 spiro atoms. The van der Waals surface area contributed by atoms with Crippen molar-refractivity contribution in [3.8, 4) is 5.75 Å². The van der Waals surface area contributed by atoms with E-state index in [0.717, 1.165) is 29.7 Å². The highest BCUT2D eigenvalue weighted by atomic mass is 16.5. The zero-order chi connectivity index (χ0) is 14.5. The molecule has 2 nitrogen and oxygen atoms in total. The van der Waals surface area contributed by atoms with Crippen molar-refractivity contribution in [3.63, 3.8) is 0 Å². The number of rotatable bonds is 2. The molecule has 2 aliphatic carbocycles. The molecule has 106 valence electrons. The summed E-state index contributed by atoms with van der Waals surface area (Å²) in [6.07, 6.45) is 4.25. The van der Waals surface area contributed by atoms with E-state index in [1.54, 1.807) is 7.11 Å². The second-order valence-electron chi connectivity index (χ2n) is 6.85. The maximum absolute atomic E-state index is 12.7. The van der Waals surface area contributed by atoms with E-state index in [1.165, 1.54) is 0 Å². The van der Waals surface area contributed by atoms with E-state index in [9.17, 15) is 4.79 Å². The fourth-order valence-corrected chi connectivity index (χ4v) is 3.97. The minimum Gasteiger partial charge on any atom is -0.497 e. The molecule has 2 bridgehead atoms. The molecule has 0 amide bonds. The lowest BCUT2D eigenvalue weighted by molar-refractivity contribution is -0.125. The van der Waals surface area contributed by atoms with Gasteiger partial charge in [-0.2, -0.15) is 0 Å². The maximum Gasteiger partial charge on any atom is 0.165 e. The Hall–Kier alpha value is -1.57. The number of Topliss-reactive ketones (excluding diaryl/α,β-unsaturated/α-hetero) is 1. The Morgan fingerprint density at radius 3 is 2.35 bits per heavy atom. The van der Waals surface area contributed by atoms with Crippen molar-refractivity contribution in [2.75, 3.05) is 7.11 Å². The van der Waals surface area contributed by atoms with Crippen molar-refractivity contribution >= 4 is 11.9 Å². The third-order valence-corrected chi connectivity index (χ3v) is 5.80. The van der Waals surface area contributed by atoms with Crippen LogP contribution in [0.4, 0.5) is 0 Å². The molecule has 2 heteroatoms. The van der Waals surface area contributed by atoms with Gasteiger partial charge in [0, 0.05) is 5.41 Å². The van der Waals surface area contributed by atoms with Crippen LogP contribution in [-0.4, -0.2) is 12.9 Å².